The first kappa shape index (κ1) is 13.4. The van der Waals surface area contributed by atoms with Crippen LogP contribution in [-0.4, -0.2) is 22.2 Å². The lowest BCUT2D eigenvalue weighted by atomic mass is 10.1. The number of aliphatic hydroxyl groups excluding tert-OH is 1. The van der Waals surface area contributed by atoms with Gasteiger partial charge in [-0.3, -0.25) is 0 Å². The smallest absolute Gasteiger partial charge is 0.137 e. The van der Waals surface area contributed by atoms with Crippen molar-refractivity contribution in [3.8, 4) is 0 Å². The monoisotopic (exact) mass is 270 g/mol. The molecule has 0 radical (unpaired) electrons. The Balaban J connectivity index is 2.18. The van der Waals surface area contributed by atoms with Crippen molar-refractivity contribution < 1.29 is 5.11 Å². The van der Waals surface area contributed by atoms with E-state index in [1.165, 1.54) is 18.2 Å². The van der Waals surface area contributed by atoms with Gasteiger partial charge in [0.1, 0.15) is 5.82 Å². The standard InChI is InChI=1S/C17H22N2O/c1-3-15-9-8-12(2)19(15)17-16-7-5-4-6-13(16)10-14(11-20)18-17/h4-7,10,12,15,20H,3,8-9,11H2,1-2H3. The second-order valence-corrected chi connectivity index (χ2v) is 5.71. The Labute approximate surface area is 120 Å². The molecule has 1 saturated heterocycles. The number of anilines is 1. The maximum atomic E-state index is 9.47. The number of hydrogen-bond acceptors (Lipinski definition) is 3. The van der Waals surface area contributed by atoms with Crippen molar-refractivity contribution in [3.63, 3.8) is 0 Å². The second kappa shape index (κ2) is 5.41. The highest BCUT2D eigenvalue weighted by Crippen LogP contribution is 2.35. The van der Waals surface area contributed by atoms with E-state index in [9.17, 15) is 5.11 Å². The lowest BCUT2D eigenvalue weighted by molar-refractivity contribution is 0.277. The molecule has 1 aliphatic rings. The molecule has 2 atom stereocenters. The van der Waals surface area contributed by atoms with E-state index >= 15 is 0 Å². The number of hydrogen-bond donors (Lipinski definition) is 1. The van der Waals surface area contributed by atoms with Gasteiger partial charge in [-0.25, -0.2) is 4.98 Å². The van der Waals surface area contributed by atoms with E-state index in [1.54, 1.807) is 0 Å². The predicted octanol–water partition coefficient (Wildman–Crippen LogP) is 3.49. The lowest BCUT2D eigenvalue weighted by Gasteiger charge is -2.30. The van der Waals surface area contributed by atoms with Crippen LogP contribution in [0.3, 0.4) is 0 Å². The molecule has 0 saturated carbocycles. The van der Waals surface area contributed by atoms with E-state index < -0.39 is 0 Å². The van der Waals surface area contributed by atoms with Gasteiger partial charge in [0.25, 0.3) is 0 Å². The molecule has 1 aromatic carbocycles. The van der Waals surface area contributed by atoms with Gasteiger partial charge in [-0.05, 0) is 37.6 Å². The maximum Gasteiger partial charge on any atom is 0.137 e. The Kier molecular flexibility index (Phi) is 3.62. The third-order valence-corrected chi connectivity index (χ3v) is 4.44. The molecule has 2 unspecified atom stereocenters. The predicted molar refractivity (Wildman–Crippen MR) is 82.9 cm³/mol. The summed E-state index contributed by atoms with van der Waals surface area (Å²) in [5.41, 5.74) is 0.757. The van der Waals surface area contributed by atoms with Gasteiger partial charge in [-0.2, -0.15) is 0 Å². The van der Waals surface area contributed by atoms with Crippen molar-refractivity contribution in [1.82, 2.24) is 4.98 Å². The molecule has 106 valence electrons. The van der Waals surface area contributed by atoms with Crippen LogP contribution in [0.15, 0.2) is 30.3 Å². The Morgan fingerprint density at radius 1 is 1.30 bits per heavy atom. The molecule has 1 aliphatic heterocycles. The van der Waals surface area contributed by atoms with E-state index in [1.807, 2.05) is 12.1 Å². The molecule has 3 nitrogen and oxygen atoms in total. The summed E-state index contributed by atoms with van der Waals surface area (Å²) in [4.78, 5) is 7.19. The van der Waals surface area contributed by atoms with Crippen molar-refractivity contribution in [3.05, 3.63) is 36.0 Å². The van der Waals surface area contributed by atoms with Crippen LogP contribution in [0.5, 0.6) is 0 Å². The molecule has 1 fully saturated rings. The Morgan fingerprint density at radius 3 is 2.85 bits per heavy atom. The maximum absolute atomic E-state index is 9.47. The SMILES string of the molecule is CCC1CCC(C)N1c1nc(CO)cc2ccccc12. The molecular formula is C17H22N2O. The van der Waals surface area contributed by atoms with Gasteiger partial charge in [0.2, 0.25) is 0 Å². The molecule has 1 N–H and O–H groups in total. The summed E-state index contributed by atoms with van der Waals surface area (Å²) in [7, 11) is 0. The highest BCUT2D eigenvalue weighted by Gasteiger charge is 2.31. The quantitative estimate of drug-likeness (QED) is 0.927. The molecular weight excluding hydrogens is 248 g/mol. The fraction of sp³-hybridized carbons (Fsp3) is 0.471. The number of benzene rings is 1. The van der Waals surface area contributed by atoms with Crippen molar-refractivity contribution in [1.29, 1.82) is 0 Å². The minimum Gasteiger partial charge on any atom is -0.390 e. The van der Waals surface area contributed by atoms with Gasteiger partial charge in [0.15, 0.2) is 0 Å². The highest BCUT2D eigenvalue weighted by atomic mass is 16.3. The number of pyridine rings is 1. The average Bonchev–Trinajstić information content (AvgIpc) is 2.86. The Hall–Kier alpha value is -1.61. The fourth-order valence-corrected chi connectivity index (χ4v) is 3.37. The highest BCUT2D eigenvalue weighted by molar-refractivity contribution is 5.93. The number of aromatic nitrogens is 1. The van der Waals surface area contributed by atoms with Gasteiger partial charge in [0, 0.05) is 17.5 Å². The largest absolute Gasteiger partial charge is 0.390 e. The van der Waals surface area contributed by atoms with E-state index in [0.29, 0.717) is 12.1 Å². The van der Waals surface area contributed by atoms with E-state index in [4.69, 9.17) is 4.98 Å². The van der Waals surface area contributed by atoms with E-state index in [2.05, 4.69) is 36.9 Å². The third-order valence-electron chi connectivity index (χ3n) is 4.44. The van der Waals surface area contributed by atoms with Crippen LogP contribution in [0, 0.1) is 0 Å². The van der Waals surface area contributed by atoms with E-state index in [-0.39, 0.29) is 6.61 Å². The second-order valence-electron chi connectivity index (χ2n) is 5.71. The molecule has 0 bridgehead atoms. The molecule has 0 amide bonds. The van der Waals surface area contributed by atoms with Crippen molar-refractivity contribution in [2.45, 2.75) is 51.8 Å². The fourth-order valence-electron chi connectivity index (χ4n) is 3.37. The first-order valence-electron chi connectivity index (χ1n) is 7.52. The van der Waals surface area contributed by atoms with Gasteiger partial charge in [-0.15, -0.1) is 0 Å². The zero-order valence-corrected chi connectivity index (χ0v) is 12.2. The van der Waals surface area contributed by atoms with Crippen LogP contribution in [-0.2, 0) is 6.61 Å². The minimum atomic E-state index is -0.00313. The normalized spacial score (nSPS) is 22.6. The molecule has 20 heavy (non-hydrogen) atoms. The van der Waals surface area contributed by atoms with Crippen LogP contribution in [0.4, 0.5) is 5.82 Å². The van der Waals surface area contributed by atoms with Crippen LogP contribution < -0.4 is 4.90 Å². The van der Waals surface area contributed by atoms with Crippen molar-refractivity contribution >= 4 is 16.6 Å². The first-order valence-corrected chi connectivity index (χ1v) is 7.52. The molecule has 3 heteroatoms. The van der Waals surface area contributed by atoms with Crippen molar-refractivity contribution in [2.75, 3.05) is 4.90 Å². The topological polar surface area (TPSA) is 36.4 Å². The van der Waals surface area contributed by atoms with Crippen LogP contribution in [0.2, 0.25) is 0 Å². The van der Waals surface area contributed by atoms with E-state index in [0.717, 1.165) is 23.3 Å². The molecule has 0 spiro atoms. The van der Waals surface area contributed by atoms with Gasteiger partial charge in [0.05, 0.1) is 12.3 Å². The number of fused-ring (bicyclic) bond motifs is 1. The summed E-state index contributed by atoms with van der Waals surface area (Å²) in [5.74, 6) is 1.05. The lowest BCUT2D eigenvalue weighted by Crippen LogP contribution is -2.35. The van der Waals surface area contributed by atoms with Crippen LogP contribution in [0.1, 0.15) is 38.8 Å². The molecule has 1 aromatic heterocycles. The van der Waals surface area contributed by atoms with Gasteiger partial charge >= 0.3 is 0 Å². The van der Waals surface area contributed by atoms with Crippen molar-refractivity contribution in [2.24, 2.45) is 0 Å². The number of nitrogens with zero attached hydrogens (tertiary/aromatic N) is 2. The third kappa shape index (κ3) is 2.16. The zero-order valence-electron chi connectivity index (χ0n) is 12.2. The minimum absolute atomic E-state index is 0.00313. The number of aliphatic hydroxyl groups is 1. The molecule has 2 heterocycles. The van der Waals surface area contributed by atoms with Gasteiger partial charge in [-0.1, -0.05) is 31.2 Å². The van der Waals surface area contributed by atoms with Crippen LogP contribution in [0.25, 0.3) is 10.8 Å². The van der Waals surface area contributed by atoms with Gasteiger partial charge < -0.3 is 10.0 Å². The zero-order chi connectivity index (χ0) is 14.1. The van der Waals surface area contributed by atoms with Crippen LogP contribution >= 0.6 is 0 Å². The Morgan fingerprint density at radius 2 is 2.10 bits per heavy atom. The summed E-state index contributed by atoms with van der Waals surface area (Å²) in [6, 6.07) is 11.4. The first-order chi connectivity index (χ1) is 9.74. The summed E-state index contributed by atoms with van der Waals surface area (Å²) < 4.78 is 0. The summed E-state index contributed by atoms with van der Waals surface area (Å²) >= 11 is 0. The molecule has 2 aromatic rings. The number of rotatable bonds is 3. The summed E-state index contributed by atoms with van der Waals surface area (Å²) in [5, 5.41) is 11.8. The molecule has 0 aliphatic carbocycles. The molecule has 3 rings (SSSR count). The summed E-state index contributed by atoms with van der Waals surface area (Å²) in [6.45, 7) is 4.52. The average molecular weight is 270 g/mol. The summed E-state index contributed by atoms with van der Waals surface area (Å²) in [6.07, 6.45) is 3.60. The Bertz CT molecular complexity index is 611.